The second-order valence-electron chi connectivity index (χ2n) is 5.28. The van der Waals surface area contributed by atoms with Crippen LogP contribution in [0.5, 0.6) is 0 Å². The highest BCUT2D eigenvalue weighted by molar-refractivity contribution is 5.73. The summed E-state index contributed by atoms with van der Waals surface area (Å²) >= 11 is 0. The van der Waals surface area contributed by atoms with E-state index in [1.54, 1.807) is 0 Å². The van der Waals surface area contributed by atoms with E-state index in [-0.39, 0.29) is 0 Å². The highest BCUT2D eigenvalue weighted by atomic mass is 16.4. The van der Waals surface area contributed by atoms with E-state index >= 15 is 0 Å². The number of carboxylic acid groups (broad SMARTS) is 1. The average molecular weight is 213 g/mol. The lowest BCUT2D eigenvalue weighted by atomic mass is 9.84. The molecule has 1 saturated carbocycles. The van der Waals surface area contributed by atoms with E-state index in [1.807, 2.05) is 0 Å². The molecule has 0 heterocycles. The summed E-state index contributed by atoms with van der Waals surface area (Å²) in [7, 11) is 0. The summed E-state index contributed by atoms with van der Waals surface area (Å²) in [6.07, 6.45) is 0.617. The van der Waals surface area contributed by atoms with Gasteiger partial charge in [0.25, 0.3) is 0 Å². The molecular formula is C12H23NO2. The third-order valence-electron chi connectivity index (χ3n) is 4.68. The van der Waals surface area contributed by atoms with Gasteiger partial charge in [-0.3, -0.25) is 4.79 Å². The van der Waals surface area contributed by atoms with Crippen LogP contribution in [0.3, 0.4) is 0 Å². The third-order valence-corrected chi connectivity index (χ3v) is 4.68. The minimum absolute atomic E-state index is 0.459. The van der Waals surface area contributed by atoms with Crippen LogP contribution in [0.2, 0.25) is 0 Å². The predicted octanol–water partition coefficient (Wildman–Crippen LogP) is 1.96. The lowest BCUT2D eigenvalue weighted by molar-refractivity contribution is -0.139. The van der Waals surface area contributed by atoms with Crippen molar-refractivity contribution in [2.24, 2.45) is 35.3 Å². The molecule has 0 aromatic carbocycles. The zero-order valence-electron chi connectivity index (χ0n) is 10.1. The van der Waals surface area contributed by atoms with Gasteiger partial charge in [0.05, 0.1) is 0 Å². The molecule has 1 rings (SSSR count). The fraction of sp³-hybridized carbons (Fsp3) is 0.917. The van der Waals surface area contributed by atoms with Crippen LogP contribution in [-0.2, 0) is 4.79 Å². The van der Waals surface area contributed by atoms with Crippen molar-refractivity contribution < 1.29 is 9.90 Å². The van der Waals surface area contributed by atoms with Gasteiger partial charge >= 0.3 is 5.97 Å². The quantitative estimate of drug-likeness (QED) is 0.753. The molecule has 3 heteroatoms. The van der Waals surface area contributed by atoms with Gasteiger partial charge in [-0.2, -0.15) is 0 Å². The maximum Gasteiger partial charge on any atom is 0.320 e. The molecule has 0 saturated heterocycles. The first-order chi connectivity index (χ1) is 6.86. The van der Waals surface area contributed by atoms with Crippen LogP contribution in [0.15, 0.2) is 0 Å². The van der Waals surface area contributed by atoms with Crippen LogP contribution in [0, 0.1) is 29.6 Å². The van der Waals surface area contributed by atoms with Crippen LogP contribution in [0.1, 0.15) is 34.1 Å². The maximum atomic E-state index is 10.7. The Labute approximate surface area is 92.0 Å². The van der Waals surface area contributed by atoms with Crippen molar-refractivity contribution in [1.29, 1.82) is 0 Å². The zero-order chi connectivity index (χ0) is 11.7. The van der Waals surface area contributed by atoms with Crippen LogP contribution in [0.4, 0.5) is 0 Å². The second-order valence-corrected chi connectivity index (χ2v) is 5.28. The van der Waals surface area contributed by atoms with Crippen molar-refractivity contribution in [3.05, 3.63) is 0 Å². The van der Waals surface area contributed by atoms with Crippen LogP contribution in [-0.4, -0.2) is 17.1 Å². The fourth-order valence-corrected chi connectivity index (χ4v) is 3.04. The Kier molecular flexibility index (Phi) is 3.77. The zero-order valence-corrected chi connectivity index (χ0v) is 10.1. The van der Waals surface area contributed by atoms with Gasteiger partial charge in [0.15, 0.2) is 0 Å². The highest BCUT2D eigenvalue weighted by Crippen LogP contribution is 2.47. The van der Waals surface area contributed by atoms with Gasteiger partial charge in [-0.15, -0.1) is 0 Å². The monoisotopic (exact) mass is 213 g/mol. The lowest BCUT2D eigenvalue weighted by Gasteiger charge is -2.23. The SMILES string of the molecule is CC1C(C)C(C)C(C[C@H](N)C(=O)O)C1C. The fourth-order valence-electron chi connectivity index (χ4n) is 3.04. The Balaban J connectivity index is 2.66. The van der Waals surface area contributed by atoms with Crippen LogP contribution >= 0.6 is 0 Å². The van der Waals surface area contributed by atoms with E-state index in [2.05, 4.69) is 27.7 Å². The number of rotatable bonds is 3. The molecule has 0 aliphatic heterocycles. The molecule has 0 amide bonds. The molecule has 5 atom stereocenters. The molecule has 3 nitrogen and oxygen atoms in total. The average Bonchev–Trinajstić information content (AvgIpc) is 2.35. The normalized spacial score (nSPS) is 42.9. The minimum atomic E-state index is -0.874. The Morgan fingerprint density at radius 3 is 1.87 bits per heavy atom. The van der Waals surface area contributed by atoms with Gasteiger partial charge in [-0.05, 0) is 36.0 Å². The Morgan fingerprint density at radius 1 is 1.13 bits per heavy atom. The summed E-state index contributed by atoms with van der Waals surface area (Å²) in [5.74, 6) is 2.10. The largest absolute Gasteiger partial charge is 0.480 e. The van der Waals surface area contributed by atoms with Crippen molar-refractivity contribution in [1.82, 2.24) is 0 Å². The molecule has 0 spiro atoms. The molecule has 0 bridgehead atoms. The molecule has 0 aromatic rings. The summed E-state index contributed by atoms with van der Waals surface area (Å²) in [5.41, 5.74) is 5.61. The molecule has 3 N–H and O–H groups in total. The molecule has 1 aliphatic rings. The molecular weight excluding hydrogens is 190 g/mol. The van der Waals surface area contributed by atoms with E-state index in [0.717, 1.165) is 0 Å². The molecule has 88 valence electrons. The number of nitrogens with two attached hydrogens (primary N) is 1. The van der Waals surface area contributed by atoms with Crippen molar-refractivity contribution in [2.75, 3.05) is 0 Å². The van der Waals surface area contributed by atoms with Gasteiger partial charge in [0.2, 0.25) is 0 Å². The molecule has 1 aliphatic carbocycles. The van der Waals surface area contributed by atoms with E-state index < -0.39 is 12.0 Å². The minimum Gasteiger partial charge on any atom is -0.480 e. The maximum absolute atomic E-state index is 10.7. The second kappa shape index (κ2) is 4.52. The topological polar surface area (TPSA) is 63.3 Å². The van der Waals surface area contributed by atoms with E-state index in [9.17, 15) is 4.79 Å². The predicted molar refractivity (Wildman–Crippen MR) is 60.4 cm³/mol. The highest BCUT2D eigenvalue weighted by Gasteiger charge is 2.42. The summed E-state index contributed by atoms with van der Waals surface area (Å²) in [6, 6.07) is -0.697. The first-order valence-electron chi connectivity index (χ1n) is 5.84. The standard InChI is InChI=1S/C12H23NO2/c1-6-7(2)9(4)10(8(6)3)5-11(13)12(14)15/h6-11H,5,13H2,1-4H3,(H,14,15)/t6?,7?,8?,9?,10?,11-/m0/s1. The Hall–Kier alpha value is -0.570. The molecule has 4 unspecified atom stereocenters. The summed E-state index contributed by atoms with van der Waals surface area (Å²) in [5, 5.41) is 8.82. The molecule has 1 fully saturated rings. The third kappa shape index (κ3) is 2.33. The molecule has 0 radical (unpaired) electrons. The number of aliphatic carboxylic acids is 1. The first-order valence-corrected chi connectivity index (χ1v) is 5.84. The van der Waals surface area contributed by atoms with Crippen molar-refractivity contribution >= 4 is 5.97 Å². The van der Waals surface area contributed by atoms with Crippen molar-refractivity contribution in [3.63, 3.8) is 0 Å². The van der Waals surface area contributed by atoms with Crippen molar-refractivity contribution in [2.45, 2.75) is 40.2 Å². The molecule has 0 aromatic heterocycles. The number of carboxylic acids is 1. The summed E-state index contributed by atoms with van der Waals surface area (Å²) in [6.45, 7) is 8.98. The van der Waals surface area contributed by atoms with Gasteiger partial charge in [0.1, 0.15) is 6.04 Å². The number of carbonyl (C=O) groups is 1. The van der Waals surface area contributed by atoms with Gasteiger partial charge in [0, 0.05) is 0 Å². The first kappa shape index (κ1) is 12.5. The number of hydrogen-bond acceptors (Lipinski definition) is 2. The van der Waals surface area contributed by atoms with Crippen molar-refractivity contribution in [3.8, 4) is 0 Å². The number of hydrogen-bond donors (Lipinski definition) is 2. The van der Waals surface area contributed by atoms with E-state index in [4.69, 9.17) is 10.8 Å². The summed E-state index contributed by atoms with van der Waals surface area (Å²) < 4.78 is 0. The Bertz CT molecular complexity index is 228. The smallest absolute Gasteiger partial charge is 0.320 e. The summed E-state index contributed by atoms with van der Waals surface area (Å²) in [4.78, 5) is 10.7. The molecule has 15 heavy (non-hydrogen) atoms. The van der Waals surface area contributed by atoms with Crippen LogP contribution in [0.25, 0.3) is 0 Å². The van der Waals surface area contributed by atoms with Gasteiger partial charge < -0.3 is 10.8 Å². The van der Waals surface area contributed by atoms with E-state index in [1.165, 1.54) is 0 Å². The lowest BCUT2D eigenvalue weighted by Crippen LogP contribution is -2.34. The Morgan fingerprint density at radius 2 is 1.53 bits per heavy atom. The van der Waals surface area contributed by atoms with E-state index in [0.29, 0.717) is 36.0 Å². The van der Waals surface area contributed by atoms with Gasteiger partial charge in [-0.25, -0.2) is 0 Å². The van der Waals surface area contributed by atoms with Gasteiger partial charge in [-0.1, -0.05) is 27.7 Å². The van der Waals surface area contributed by atoms with Crippen LogP contribution < -0.4 is 5.73 Å².